The van der Waals surface area contributed by atoms with Gasteiger partial charge in [-0.1, -0.05) is 35.5 Å². The predicted molar refractivity (Wildman–Crippen MR) is 88.6 cm³/mol. The number of allylic oxidation sites excluding steroid dienone is 2. The second-order valence-electron chi connectivity index (χ2n) is 5.47. The van der Waals surface area contributed by atoms with Crippen molar-refractivity contribution in [2.45, 2.75) is 12.8 Å². The second-order valence-corrected chi connectivity index (χ2v) is 5.47. The summed E-state index contributed by atoms with van der Waals surface area (Å²) in [5.74, 6) is 0. The van der Waals surface area contributed by atoms with Crippen molar-refractivity contribution >= 4 is 12.3 Å². The Morgan fingerprint density at radius 1 is 1.14 bits per heavy atom. The highest BCUT2D eigenvalue weighted by atomic mass is 16.6. The van der Waals surface area contributed by atoms with Crippen LogP contribution in [0.5, 0.6) is 0 Å². The van der Waals surface area contributed by atoms with Crippen molar-refractivity contribution in [3.8, 4) is 0 Å². The van der Waals surface area contributed by atoms with Crippen LogP contribution in [-0.2, 0) is 9.57 Å². The molecule has 1 aromatic carbocycles. The van der Waals surface area contributed by atoms with Gasteiger partial charge in [0.25, 0.3) is 0 Å². The summed E-state index contributed by atoms with van der Waals surface area (Å²) in [5, 5.41) is 3.97. The Kier molecular flexibility index (Phi) is 4.91. The number of oxime groups is 1. The van der Waals surface area contributed by atoms with Crippen LogP contribution in [-0.4, -0.2) is 44.5 Å². The fourth-order valence-electron chi connectivity index (χ4n) is 3.04. The third-order valence-corrected chi connectivity index (χ3v) is 4.05. The van der Waals surface area contributed by atoms with Gasteiger partial charge >= 0.3 is 0 Å². The van der Waals surface area contributed by atoms with Crippen molar-refractivity contribution in [1.29, 1.82) is 0 Å². The van der Waals surface area contributed by atoms with Crippen LogP contribution in [0.3, 0.4) is 0 Å². The Hall–Kier alpha value is -2.07. The van der Waals surface area contributed by atoms with Gasteiger partial charge in [0, 0.05) is 18.8 Å². The van der Waals surface area contributed by atoms with E-state index in [-0.39, 0.29) is 0 Å². The normalized spacial score (nSPS) is 21.1. The molecule has 0 radical (unpaired) electrons. The fraction of sp³-hybridized carbons (Fsp3) is 0.389. The summed E-state index contributed by atoms with van der Waals surface area (Å²) in [4.78, 5) is 7.28. The van der Waals surface area contributed by atoms with Crippen LogP contribution < -0.4 is 0 Å². The third-order valence-electron chi connectivity index (χ3n) is 4.05. The van der Waals surface area contributed by atoms with Crippen molar-refractivity contribution in [1.82, 2.24) is 4.90 Å². The largest absolute Gasteiger partial charge is 0.399 e. The van der Waals surface area contributed by atoms with Crippen molar-refractivity contribution in [2.75, 3.05) is 33.4 Å². The molecule has 1 heterocycles. The fourth-order valence-corrected chi connectivity index (χ4v) is 3.04. The Morgan fingerprint density at radius 3 is 2.64 bits per heavy atom. The molecule has 116 valence electrons. The van der Waals surface area contributed by atoms with E-state index in [9.17, 15) is 0 Å². The molecule has 1 aliphatic carbocycles. The second kappa shape index (κ2) is 7.27. The third kappa shape index (κ3) is 3.39. The van der Waals surface area contributed by atoms with Gasteiger partial charge in [0.2, 0.25) is 0 Å². The monoisotopic (exact) mass is 298 g/mol. The van der Waals surface area contributed by atoms with Crippen LogP contribution in [0.2, 0.25) is 0 Å². The van der Waals surface area contributed by atoms with Gasteiger partial charge in [-0.15, -0.1) is 0 Å². The van der Waals surface area contributed by atoms with Crippen molar-refractivity contribution in [2.24, 2.45) is 5.16 Å². The molecule has 4 nitrogen and oxygen atoms in total. The summed E-state index contributed by atoms with van der Waals surface area (Å²) in [6.07, 6.45) is 6.21. The first-order valence-corrected chi connectivity index (χ1v) is 7.77. The average molecular weight is 298 g/mol. The van der Waals surface area contributed by atoms with Gasteiger partial charge in [-0.25, -0.2) is 0 Å². The topological polar surface area (TPSA) is 34.1 Å². The zero-order chi connectivity index (χ0) is 15.2. The Bertz CT molecular complexity index is 584. The maximum Gasteiger partial charge on any atom is 0.106 e. The summed E-state index contributed by atoms with van der Waals surface area (Å²) in [5.41, 5.74) is 5.19. The van der Waals surface area contributed by atoms with E-state index in [4.69, 9.17) is 9.57 Å². The van der Waals surface area contributed by atoms with E-state index in [2.05, 4.69) is 40.4 Å². The molecule has 2 aliphatic rings. The summed E-state index contributed by atoms with van der Waals surface area (Å²) in [7, 11) is 1.58. The van der Waals surface area contributed by atoms with E-state index in [1.165, 1.54) is 22.4 Å². The number of rotatable bonds is 4. The Labute approximate surface area is 131 Å². The quantitative estimate of drug-likeness (QED) is 0.633. The van der Waals surface area contributed by atoms with Crippen LogP contribution in [0.25, 0.3) is 6.08 Å². The minimum Gasteiger partial charge on any atom is -0.399 e. The van der Waals surface area contributed by atoms with Crippen LogP contribution in [0.15, 0.2) is 52.3 Å². The molecule has 0 saturated carbocycles. The van der Waals surface area contributed by atoms with Gasteiger partial charge in [-0.3, -0.25) is 0 Å². The average Bonchev–Trinajstić information content (AvgIpc) is 2.97. The van der Waals surface area contributed by atoms with E-state index < -0.39 is 0 Å². The van der Waals surface area contributed by atoms with Crippen molar-refractivity contribution in [3.05, 3.63) is 52.7 Å². The molecule has 1 aliphatic heterocycles. The molecule has 0 bridgehead atoms. The predicted octanol–water partition coefficient (Wildman–Crippen LogP) is 3.08. The van der Waals surface area contributed by atoms with Crippen molar-refractivity contribution in [3.63, 3.8) is 0 Å². The minimum atomic E-state index is 0.789. The first kappa shape index (κ1) is 14.9. The molecule has 0 unspecified atom stereocenters. The first-order valence-electron chi connectivity index (χ1n) is 7.77. The van der Waals surface area contributed by atoms with Crippen LogP contribution in [0.1, 0.15) is 18.4 Å². The van der Waals surface area contributed by atoms with E-state index in [1.54, 1.807) is 7.11 Å². The minimum absolute atomic E-state index is 0.789. The van der Waals surface area contributed by atoms with Gasteiger partial charge in [0.15, 0.2) is 0 Å². The van der Waals surface area contributed by atoms with Crippen LogP contribution in [0, 0.1) is 0 Å². The van der Waals surface area contributed by atoms with Gasteiger partial charge in [-0.2, -0.15) is 0 Å². The number of hydrogen-bond acceptors (Lipinski definition) is 4. The number of benzene rings is 1. The lowest BCUT2D eigenvalue weighted by atomic mass is 10.1. The summed E-state index contributed by atoms with van der Waals surface area (Å²) < 4.78 is 5.49. The first-order chi connectivity index (χ1) is 10.9. The van der Waals surface area contributed by atoms with Gasteiger partial charge in [0.1, 0.15) is 7.11 Å². The summed E-state index contributed by atoms with van der Waals surface area (Å²) in [6, 6.07) is 10.5. The SMILES string of the molecule is CO/N=C/C1=C(N2CCOCC2)C(=C\c2ccccc2)/CC1. The van der Waals surface area contributed by atoms with Gasteiger partial charge < -0.3 is 14.5 Å². The summed E-state index contributed by atoms with van der Waals surface area (Å²) >= 11 is 0. The lowest BCUT2D eigenvalue weighted by Gasteiger charge is -2.31. The molecule has 22 heavy (non-hydrogen) atoms. The molecular weight excluding hydrogens is 276 g/mol. The standard InChI is InChI=1S/C18H22N2O2/c1-21-19-14-17-8-7-16(13-15-5-3-2-4-6-15)18(17)20-9-11-22-12-10-20/h2-6,13-14H,7-12H2,1H3/b16-13-,19-14+. The molecule has 1 fully saturated rings. The summed E-state index contributed by atoms with van der Waals surface area (Å²) in [6.45, 7) is 3.45. The number of ether oxygens (including phenoxy) is 1. The molecule has 0 N–H and O–H groups in total. The van der Waals surface area contributed by atoms with Crippen LogP contribution in [0.4, 0.5) is 0 Å². The van der Waals surface area contributed by atoms with Gasteiger partial charge in [0.05, 0.1) is 19.4 Å². The van der Waals surface area contributed by atoms with E-state index >= 15 is 0 Å². The number of nitrogens with zero attached hydrogens (tertiary/aromatic N) is 2. The lowest BCUT2D eigenvalue weighted by Crippen LogP contribution is -2.36. The smallest absolute Gasteiger partial charge is 0.106 e. The molecule has 1 aromatic rings. The van der Waals surface area contributed by atoms with Crippen LogP contribution >= 0.6 is 0 Å². The van der Waals surface area contributed by atoms with E-state index in [1.807, 2.05) is 12.3 Å². The Balaban J connectivity index is 1.93. The molecule has 4 heteroatoms. The molecular formula is C18H22N2O2. The lowest BCUT2D eigenvalue weighted by molar-refractivity contribution is 0.0548. The number of morpholine rings is 1. The molecule has 0 spiro atoms. The highest BCUT2D eigenvalue weighted by Crippen LogP contribution is 2.34. The molecule has 0 atom stereocenters. The maximum absolute atomic E-state index is 5.49. The van der Waals surface area contributed by atoms with E-state index in [0.29, 0.717) is 0 Å². The van der Waals surface area contributed by atoms with Gasteiger partial charge in [-0.05, 0) is 35.6 Å². The van der Waals surface area contributed by atoms with E-state index in [0.717, 1.165) is 39.1 Å². The highest BCUT2D eigenvalue weighted by molar-refractivity contribution is 5.83. The molecule has 0 aromatic heterocycles. The number of hydrogen-bond donors (Lipinski definition) is 0. The highest BCUT2D eigenvalue weighted by Gasteiger charge is 2.25. The zero-order valence-electron chi connectivity index (χ0n) is 13.0. The molecule has 0 amide bonds. The van der Waals surface area contributed by atoms with Crippen molar-refractivity contribution < 1.29 is 9.57 Å². The molecule has 1 saturated heterocycles. The Morgan fingerprint density at radius 2 is 1.91 bits per heavy atom. The zero-order valence-corrected chi connectivity index (χ0v) is 13.0. The molecule has 3 rings (SSSR count). The maximum atomic E-state index is 5.49.